The molecule has 0 spiro atoms. The fourth-order valence-electron chi connectivity index (χ4n) is 2.37. The van der Waals surface area contributed by atoms with Gasteiger partial charge in [-0.25, -0.2) is 12.7 Å². The second-order valence-corrected chi connectivity index (χ2v) is 7.77. The summed E-state index contributed by atoms with van der Waals surface area (Å²) >= 11 is 0. The van der Waals surface area contributed by atoms with Crippen LogP contribution >= 0.6 is 0 Å². The van der Waals surface area contributed by atoms with Crippen LogP contribution in [0, 0.1) is 5.92 Å². The van der Waals surface area contributed by atoms with Gasteiger partial charge < -0.3 is 5.32 Å². The number of piperidine rings is 1. The van der Waals surface area contributed by atoms with Crippen molar-refractivity contribution in [2.24, 2.45) is 5.92 Å². The minimum Gasteiger partial charge on any atom is -0.309 e. The smallest absolute Gasteiger partial charge is 0.228 e. The lowest BCUT2D eigenvalue weighted by atomic mass is 9.97. The van der Waals surface area contributed by atoms with E-state index in [0.29, 0.717) is 37.7 Å². The van der Waals surface area contributed by atoms with E-state index in [1.54, 1.807) is 0 Å². The minimum absolute atomic E-state index is 0.0926. The first-order valence-corrected chi connectivity index (χ1v) is 8.93. The van der Waals surface area contributed by atoms with E-state index in [9.17, 15) is 13.2 Å². The first-order valence-electron chi connectivity index (χ1n) is 7.08. The molecule has 7 nitrogen and oxygen atoms in total. The number of hydrogen-bond donors (Lipinski definition) is 2. The van der Waals surface area contributed by atoms with E-state index in [4.69, 9.17) is 0 Å². The van der Waals surface area contributed by atoms with Crippen LogP contribution < -0.4 is 5.32 Å². The molecule has 1 fully saturated rings. The number of carbonyl (C=O) groups is 1. The van der Waals surface area contributed by atoms with Gasteiger partial charge in [0.1, 0.15) is 0 Å². The third kappa shape index (κ3) is 4.04. The molecule has 21 heavy (non-hydrogen) atoms. The normalized spacial score (nSPS) is 18.1. The molecule has 8 heteroatoms. The Morgan fingerprint density at radius 3 is 2.52 bits per heavy atom. The van der Waals surface area contributed by atoms with Gasteiger partial charge in [-0.1, -0.05) is 13.8 Å². The molecule has 2 heterocycles. The zero-order chi connectivity index (χ0) is 15.6. The Bertz CT molecular complexity index is 601. The highest BCUT2D eigenvalue weighted by molar-refractivity contribution is 7.88. The van der Waals surface area contributed by atoms with Crippen LogP contribution in [-0.4, -0.2) is 48.2 Å². The molecule has 0 saturated carbocycles. The van der Waals surface area contributed by atoms with Crippen molar-refractivity contribution in [3.05, 3.63) is 11.8 Å². The molecule has 0 bridgehead atoms. The molecule has 0 atom stereocenters. The molecule has 0 radical (unpaired) electrons. The standard InChI is InChI=1S/C13H22N4O3S/c1-9(2)11-8-12(16-15-11)14-13(18)10-4-6-17(7-5-10)21(3,19)20/h8-10H,4-7H2,1-3H3,(H2,14,15,16,18). The van der Waals surface area contributed by atoms with Crippen LogP contribution in [0.5, 0.6) is 0 Å². The summed E-state index contributed by atoms with van der Waals surface area (Å²) in [6, 6.07) is 1.83. The summed E-state index contributed by atoms with van der Waals surface area (Å²) in [6.07, 6.45) is 2.28. The second-order valence-electron chi connectivity index (χ2n) is 5.79. The van der Waals surface area contributed by atoms with Crippen molar-refractivity contribution >= 4 is 21.7 Å². The predicted octanol–water partition coefficient (Wildman–Crippen LogP) is 1.14. The van der Waals surface area contributed by atoms with E-state index in [1.807, 2.05) is 19.9 Å². The first-order chi connectivity index (χ1) is 9.77. The highest BCUT2D eigenvalue weighted by Gasteiger charge is 2.29. The van der Waals surface area contributed by atoms with Crippen molar-refractivity contribution in [1.82, 2.24) is 14.5 Å². The molecule has 2 rings (SSSR count). The lowest BCUT2D eigenvalue weighted by Gasteiger charge is -2.29. The van der Waals surface area contributed by atoms with Crippen LogP contribution in [0.4, 0.5) is 5.82 Å². The summed E-state index contributed by atoms with van der Waals surface area (Å²) in [6.45, 7) is 4.88. The number of nitrogens with zero attached hydrogens (tertiary/aromatic N) is 2. The Morgan fingerprint density at radius 2 is 2.05 bits per heavy atom. The largest absolute Gasteiger partial charge is 0.309 e. The zero-order valence-electron chi connectivity index (χ0n) is 12.6. The van der Waals surface area contributed by atoms with Crippen molar-refractivity contribution in [3.63, 3.8) is 0 Å². The van der Waals surface area contributed by atoms with E-state index in [2.05, 4.69) is 15.5 Å². The Kier molecular flexibility index (Phi) is 4.67. The molecule has 0 aromatic carbocycles. The number of aromatic amines is 1. The summed E-state index contributed by atoms with van der Waals surface area (Å²) in [5, 5.41) is 9.74. The molecule has 1 aromatic heterocycles. The highest BCUT2D eigenvalue weighted by Crippen LogP contribution is 2.21. The van der Waals surface area contributed by atoms with Crippen molar-refractivity contribution < 1.29 is 13.2 Å². The predicted molar refractivity (Wildman–Crippen MR) is 80.4 cm³/mol. The number of sulfonamides is 1. The van der Waals surface area contributed by atoms with E-state index >= 15 is 0 Å². The van der Waals surface area contributed by atoms with Gasteiger partial charge >= 0.3 is 0 Å². The summed E-state index contributed by atoms with van der Waals surface area (Å²) in [4.78, 5) is 12.2. The molecule has 1 aliphatic rings. The Morgan fingerprint density at radius 1 is 1.43 bits per heavy atom. The minimum atomic E-state index is -3.16. The van der Waals surface area contributed by atoms with E-state index in [1.165, 1.54) is 10.6 Å². The van der Waals surface area contributed by atoms with Crippen molar-refractivity contribution in [3.8, 4) is 0 Å². The molecule has 1 aromatic rings. The van der Waals surface area contributed by atoms with Gasteiger partial charge in [-0.2, -0.15) is 5.10 Å². The lowest BCUT2D eigenvalue weighted by Crippen LogP contribution is -2.40. The molecule has 1 aliphatic heterocycles. The summed E-state index contributed by atoms with van der Waals surface area (Å²) in [7, 11) is -3.16. The zero-order valence-corrected chi connectivity index (χ0v) is 13.4. The maximum absolute atomic E-state index is 12.2. The third-order valence-electron chi connectivity index (χ3n) is 3.76. The monoisotopic (exact) mass is 314 g/mol. The average molecular weight is 314 g/mol. The maximum Gasteiger partial charge on any atom is 0.228 e. The number of nitrogens with one attached hydrogen (secondary N) is 2. The van der Waals surface area contributed by atoms with Crippen LogP contribution in [0.1, 0.15) is 38.3 Å². The Balaban J connectivity index is 1.90. The van der Waals surface area contributed by atoms with E-state index < -0.39 is 10.0 Å². The fraction of sp³-hybridized carbons (Fsp3) is 0.692. The first kappa shape index (κ1) is 16.0. The molecular formula is C13H22N4O3S. The molecule has 0 aliphatic carbocycles. The topological polar surface area (TPSA) is 95.2 Å². The van der Waals surface area contributed by atoms with Crippen molar-refractivity contribution in [1.29, 1.82) is 0 Å². The quantitative estimate of drug-likeness (QED) is 0.871. The van der Waals surface area contributed by atoms with E-state index in [0.717, 1.165) is 5.69 Å². The van der Waals surface area contributed by atoms with Crippen LogP contribution in [0.25, 0.3) is 0 Å². The third-order valence-corrected chi connectivity index (χ3v) is 5.07. The molecular weight excluding hydrogens is 292 g/mol. The van der Waals surface area contributed by atoms with Crippen molar-refractivity contribution in [2.75, 3.05) is 24.7 Å². The van der Waals surface area contributed by atoms with Gasteiger partial charge in [0.25, 0.3) is 0 Å². The summed E-state index contributed by atoms with van der Waals surface area (Å²) < 4.78 is 24.3. The maximum atomic E-state index is 12.2. The fourth-order valence-corrected chi connectivity index (χ4v) is 3.25. The number of aromatic nitrogens is 2. The van der Waals surface area contributed by atoms with Crippen LogP contribution in [0.2, 0.25) is 0 Å². The molecule has 118 valence electrons. The molecule has 1 amide bonds. The van der Waals surface area contributed by atoms with Gasteiger partial charge in [0.15, 0.2) is 5.82 Å². The molecule has 1 saturated heterocycles. The highest BCUT2D eigenvalue weighted by atomic mass is 32.2. The number of hydrogen-bond acceptors (Lipinski definition) is 4. The van der Waals surface area contributed by atoms with Crippen molar-refractivity contribution in [2.45, 2.75) is 32.6 Å². The lowest BCUT2D eigenvalue weighted by molar-refractivity contribution is -0.120. The van der Waals surface area contributed by atoms with Gasteiger partial charge in [-0.3, -0.25) is 9.89 Å². The van der Waals surface area contributed by atoms with Crippen LogP contribution in [0.3, 0.4) is 0 Å². The number of carbonyl (C=O) groups excluding carboxylic acids is 1. The second kappa shape index (κ2) is 6.15. The summed E-state index contributed by atoms with van der Waals surface area (Å²) in [5.74, 6) is 0.586. The van der Waals surface area contributed by atoms with Gasteiger partial charge in [0.2, 0.25) is 15.9 Å². The molecule has 0 unspecified atom stereocenters. The van der Waals surface area contributed by atoms with Gasteiger partial charge in [-0.15, -0.1) is 0 Å². The SMILES string of the molecule is CC(C)c1cc(NC(=O)C2CCN(S(C)(=O)=O)CC2)n[nH]1. The number of amides is 1. The van der Waals surface area contributed by atoms with Crippen LogP contribution in [-0.2, 0) is 14.8 Å². The van der Waals surface area contributed by atoms with Crippen LogP contribution in [0.15, 0.2) is 6.07 Å². The van der Waals surface area contributed by atoms with Gasteiger partial charge in [-0.05, 0) is 18.8 Å². The Hall–Kier alpha value is -1.41. The number of rotatable bonds is 4. The Labute approximate surface area is 125 Å². The van der Waals surface area contributed by atoms with Gasteiger partial charge in [0.05, 0.1) is 6.26 Å². The molecule has 2 N–H and O–H groups in total. The summed E-state index contributed by atoms with van der Waals surface area (Å²) in [5.41, 5.74) is 0.970. The number of H-pyrrole nitrogens is 1. The van der Waals surface area contributed by atoms with E-state index in [-0.39, 0.29) is 11.8 Å². The number of anilines is 1. The van der Waals surface area contributed by atoms with Gasteiger partial charge in [0, 0.05) is 30.8 Å². The average Bonchev–Trinajstić information content (AvgIpc) is 2.86.